The van der Waals surface area contributed by atoms with E-state index in [1.54, 1.807) is 11.4 Å². The van der Waals surface area contributed by atoms with Gasteiger partial charge < -0.3 is 10.1 Å². The molecule has 2 rings (SSSR count). The van der Waals surface area contributed by atoms with Gasteiger partial charge in [0.25, 0.3) is 0 Å². The van der Waals surface area contributed by atoms with Gasteiger partial charge in [0.1, 0.15) is 0 Å². The lowest BCUT2D eigenvalue weighted by Crippen LogP contribution is -2.52. The minimum Gasteiger partial charge on any atom is -0.377 e. The summed E-state index contributed by atoms with van der Waals surface area (Å²) in [6.07, 6.45) is 5.05. The van der Waals surface area contributed by atoms with E-state index < -0.39 is 10.0 Å². The van der Waals surface area contributed by atoms with Crippen LogP contribution < -0.4 is 5.32 Å². The Hall–Kier alpha value is -0.170. The Morgan fingerprint density at radius 1 is 1.37 bits per heavy atom. The van der Waals surface area contributed by atoms with E-state index in [0.29, 0.717) is 13.1 Å². The summed E-state index contributed by atoms with van der Waals surface area (Å²) in [7, 11) is -1.51. The molecule has 0 saturated carbocycles. The second kappa shape index (κ2) is 6.08. The van der Waals surface area contributed by atoms with Crippen molar-refractivity contribution >= 4 is 10.0 Å². The quantitative estimate of drug-likeness (QED) is 0.838. The molecule has 5 nitrogen and oxygen atoms in total. The highest BCUT2D eigenvalue weighted by Gasteiger charge is 2.37. The zero-order valence-electron chi connectivity index (χ0n) is 12.0. The van der Waals surface area contributed by atoms with Crippen molar-refractivity contribution in [2.45, 2.75) is 50.7 Å². The van der Waals surface area contributed by atoms with Gasteiger partial charge in [-0.3, -0.25) is 0 Å². The number of hydrogen-bond donors (Lipinski definition) is 1. The molecule has 2 unspecified atom stereocenters. The van der Waals surface area contributed by atoms with Crippen molar-refractivity contribution in [1.29, 1.82) is 0 Å². The van der Waals surface area contributed by atoms with Crippen LogP contribution in [0.3, 0.4) is 0 Å². The van der Waals surface area contributed by atoms with Crippen molar-refractivity contribution in [3.05, 3.63) is 0 Å². The van der Waals surface area contributed by atoms with Crippen LogP contribution in [0.15, 0.2) is 0 Å². The SMILES string of the molecule is COC1(C)CCCN(S(=O)(=O)CC2CCCCN2)C1. The highest BCUT2D eigenvalue weighted by atomic mass is 32.2. The van der Waals surface area contributed by atoms with Gasteiger partial charge in [-0.05, 0) is 39.2 Å². The van der Waals surface area contributed by atoms with Gasteiger partial charge in [0.2, 0.25) is 10.0 Å². The zero-order valence-corrected chi connectivity index (χ0v) is 12.8. The normalized spacial score (nSPS) is 34.3. The van der Waals surface area contributed by atoms with Gasteiger partial charge in [-0.25, -0.2) is 8.42 Å². The van der Waals surface area contributed by atoms with Crippen molar-refractivity contribution in [2.24, 2.45) is 0 Å². The summed E-state index contributed by atoms with van der Waals surface area (Å²) in [6.45, 7) is 4.05. The number of nitrogens with zero attached hydrogens (tertiary/aromatic N) is 1. The lowest BCUT2D eigenvalue weighted by Gasteiger charge is -2.39. The highest BCUT2D eigenvalue weighted by Crippen LogP contribution is 2.26. The third-order valence-electron chi connectivity index (χ3n) is 4.33. The van der Waals surface area contributed by atoms with Crippen LogP contribution in [0, 0.1) is 0 Å². The van der Waals surface area contributed by atoms with E-state index in [-0.39, 0.29) is 17.4 Å². The van der Waals surface area contributed by atoms with E-state index in [4.69, 9.17) is 4.74 Å². The molecule has 0 amide bonds. The van der Waals surface area contributed by atoms with Crippen LogP contribution in [0.5, 0.6) is 0 Å². The monoisotopic (exact) mass is 290 g/mol. The van der Waals surface area contributed by atoms with Gasteiger partial charge in [0.15, 0.2) is 0 Å². The van der Waals surface area contributed by atoms with E-state index in [9.17, 15) is 8.42 Å². The molecule has 2 aliphatic heterocycles. The first kappa shape index (κ1) is 15.2. The van der Waals surface area contributed by atoms with E-state index in [1.807, 2.05) is 6.92 Å². The standard InChI is InChI=1S/C13H26N2O3S/c1-13(18-2)7-5-9-15(11-13)19(16,17)10-12-6-3-4-8-14-12/h12,14H,3-11H2,1-2H3. The average Bonchev–Trinajstić information content (AvgIpc) is 2.39. The van der Waals surface area contributed by atoms with Crippen LogP contribution in [0.25, 0.3) is 0 Å². The minimum atomic E-state index is -3.17. The van der Waals surface area contributed by atoms with Crippen molar-refractivity contribution < 1.29 is 13.2 Å². The maximum Gasteiger partial charge on any atom is 0.215 e. The van der Waals surface area contributed by atoms with Gasteiger partial charge in [-0.1, -0.05) is 6.42 Å². The molecule has 0 aromatic heterocycles. The van der Waals surface area contributed by atoms with Gasteiger partial charge in [0.05, 0.1) is 11.4 Å². The second-order valence-electron chi connectivity index (χ2n) is 6.02. The lowest BCUT2D eigenvalue weighted by molar-refractivity contribution is -0.0319. The van der Waals surface area contributed by atoms with Crippen LogP contribution >= 0.6 is 0 Å². The predicted molar refractivity (Wildman–Crippen MR) is 75.6 cm³/mol. The molecule has 2 aliphatic rings. The molecule has 112 valence electrons. The summed E-state index contributed by atoms with van der Waals surface area (Å²) < 4.78 is 32.1. The van der Waals surface area contributed by atoms with Crippen molar-refractivity contribution in [2.75, 3.05) is 32.5 Å². The number of piperidine rings is 2. The molecule has 0 spiro atoms. The molecule has 6 heteroatoms. The molecule has 2 fully saturated rings. The molecule has 0 bridgehead atoms. The fourth-order valence-electron chi connectivity index (χ4n) is 2.99. The first-order valence-electron chi connectivity index (χ1n) is 7.22. The number of hydrogen-bond acceptors (Lipinski definition) is 4. The predicted octanol–water partition coefficient (Wildman–Crippen LogP) is 0.959. The Kier molecular flexibility index (Phi) is 4.87. The summed E-state index contributed by atoms with van der Waals surface area (Å²) in [5.74, 6) is 0.229. The lowest BCUT2D eigenvalue weighted by atomic mass is 9.96. The Labute approximate surface area is 116 Å². The summed E-state index contributed by atoms with van der Waals surface area (Å²) in [5, 5.41) is 3.31. The van der Waals surface area contributed by atoms with Gasteiger partial charge in [-0.2, -0.15) is 4.31 Å². The Morgan fingerprint density at radius 2 is 2.16 bits per heavy atom. The number of methoxy groups -OCH3 is 1. The maximum atomic E-state index is 12.5. The number of nitrogens with one attached hydrogen (secondary N) is 1. The molecule has 0 aromatic carbocycles. The molecule has 0 radical (unpaired) electrons. The molecule has 2 saturated heterocycles. The van der Waals surface area contributed by atoms with Crippen LogP contribution in [0.2, 0.25) is 0 Å². The number of sulfonamides is 1. The Morgan fingerprint density at radius 3 is 2.79 bits per heavy atom. The first-order valence-corrected chi connectivity index (χ1v) is 8.82. The number of ether oxygens (including phenoxy) is 1. The van der Waals surface area contributed by atoms with Crippen LogP contribution in [-0.2, 0) is 14.8 Å². The van der Waals surface area contributed by atoms with Crippen molar-refractivity contribution in [3.63, 3.8) is 0 Å². The summed E-state index contributed by atoms with van der Waals surface area (Å²) in [5.41, 5.74) is -0.328. The molecule has 0 aliphatic carbocycles. The molecule has 2 heterocycles. The van der Waals surface area contributed by atoms with Crippen LogP contribution in [0.4, 0.5) is 0 Å². The maximum absolute atomic E-state index is 12.5. The van der Waals surface area contributed by atoms with E-state index in [2.05, 4.69) is 5.32 Å². The molecule has 19 heavy (non-hydrogen) atoms. The smallest absolute Gasteiger partial charge is 0.215 e. The highest BCUT2D eigenvalue weighted by molar-refractivity contribution is 7.89. The minimum absolute atomic E-state index is 0.120. The Bertz CT molecular complexity index is 393. The van der Waals surface area contributed by atoms with Crippen LogP contribution in [0.1, 0.15) is 39.0 Å². The van der Waals surface area contributed by atoms with Crippen molar-refractivity contribution in [3.8, 4) is 0 Å². The molecule has 2 atom stereocenters. The van der Waals surface area contributed by atoms with E-state index in [1.165, 1.54) is 0 Å². The molecule has 0 aromatic rings. The molecular weight excluding hydrogens is 264 g/mol. The average molecular weight is 290 g/mol. The third-order valence-corrected chi connectivity index (χ3v) is 6.26. The largest absolute Gasteiger partial charge is 0.377 e. The van der Waals surface area contributed by atoms with E-state index in [0.717, 1.165) is 38.6 Å². The van der Waals surface area contributed by atoms with Gasteiger partial charge >= 0.3 is 0 Å². The molecular formula is C13H26N2O3S. The first-order chi connectivity index (χ1) is 8.95. The summed E-state index contributed by atoms with van der Waals surface area (Å²) in [4.78, 5) is 0. The molecule has 1 N–H and O–H groups in total. The third kappa shape index (κ3) is 3.90. The Balaban J connectivity index is 1.98. The van der Waals surface area contributed by atoms with Crippen molar-refractivity contribution in [1.82, 2.24) is 9.62 Å². The zero-order chi connectivity index (χ0) is 13.9. The summed E-state index contributed by atoms with van der Waals surface area (Å²) in [6, 6.07) is 0.120. The summed E-state index contributed by atoms with van der Waals surface area (Å²) >= 11 is 0. The van der Waals surface area contributed by atoms with Gasteiger partial charge in [-0.15, -0.1) is 0 Å². The second-order valence-corrected chi connectivity index (χ2v) is 8.03. The van der Waals surface area contributed by atoms with Gasteiger partial charge in [0, 0.05) is 26.2 Å². The van der Waals surface area contributed by atoms with Crippen LogP contribution in [-0.4, -0.2) is 56.9 Å². The topological polar surface area (TPSA) is 58.6 Å². The fraction of sp³-hybridized carbons (Fsp3) is 1.00. The van der Waals surface area contributed by atoms with E-state index >= 15 is 0 Å². The fourth-order valence-corrected chi connectivity index (χ4v) is 4.87. The number of rotatable bonds is 4.